The van der Waals surface area contributed by atoms with Crippen molar-refractivity contribution in [3.05, 3.63) is 89.5 Å². The minimum absolute atomic E-state index is 0.173. The second kappa shape index (κ2) is 17.7. The fourth-order valence-electron chi connectivity index (χ4n) is 7.91. The van der Waals surface area contributed by atoms with Crippen LogP contribution in [0.3, 0.4) is 0 Å². The Bertz CT molecular complexity index is 2000. The van der Waals surface area contributed by atoms with Gasteiger partial charge in [0.2, 0.25) is 0 Å². The van der Waals surface area contributed by atoms with Crippen LogP contribution in [0.5, 0.6) is 0 Å². The van der Waals surface area contributed by atoms with Crippen LogP contribution in [0.2, 0.25) is 0 Å². The molecule has 2 aliphatic rings. The lowest BCUT2D eigenvalue weighted by molar-refractivity contribution is -0.212. The average molecular weight is 802 g/mol. The van der Waals surface area contributed by atoms with E-state index in [-0.39, 0.29) is 10.6 Å². The summed E-state index contributed by atoms with van der Waals surface area (Å²) in [6.07, 6.45) is -2.90. The largest absolute Gasteiger partial charge is 0.392 e. The van der Waals surface area contributed by atoms with Crippen molar-refractivity contribution in [1.82, 2.24) is 5.32 Å². The molecule has 2 heterocycles. The summed E-state index contributed by atoms with van der Waals surface area (Å²) in [5, 5.41) is 40.3. The molecule has 55 heavy (non-hydrogen) atoms. The molecule has 1 fully saturated rings. The zero-order chi connectivity index (χ0) is 40.1. The van der Waals surface area contributed by atoms with Gasteiger partial charge in [-0.25, -0.2) is 17.4 Å². The zero-order valence-electron chi connectivity index (χ0n) is 31.8. The summed E-state index contributed by atoms with van der Waals surface area (Å²) in [6, 6.07) is 20.8. The third kappa shape index (κ3) is 10.1. The van der Waals surface area contributed by atoms with E-state index in [0.717, 1.165) is 24.1 Å². The van der Waals surface area contributed by atoms with Gasteiger partial charge in [-0.2, -0.15) is 0 Å². The number of carbonyl (C=O) groups excluding carboxylic acids is 1. The highest BCUT2D eigenvalue weighted by molar-refractivity contribution is 7.91. The van der Waals surface area contributed by atoms with Crippen molar-refractivity contribution in [2.45, 2.75) is 93.8 Å². The molecular weight excluding hydrogens is 747 g/mol. The van der Waals surface area contributed by atoms with Crippen molar-refractivity contribution in [2.75, 3.05) is 36.7 Å². The Morgan fingerprint density at radius 3 is 2.42 bits per heavy atom. The van der Waals surface area contributed by atoms with Crippen LogP contribution in [-0.2, 0) is 35.3 Å². The number of fused-ring (bicyclic) bond motifs is 1. The number of urea groups is 1. The van der Waals surface area contributed by atoms with E-state index < -0.39 is 80.5 Å². The first-order valence-corrected chi connectivity index (χ1v) is 21.9. The Kier molecular flexibility index (Phi) is 13.7. The highest BCUT2D eigenvalue weighted by Gasteiger charge is 2.49. The number of ether oxygens (including phenoxy) is 1. The monoisotopic (exact) mass is 801 g/mol. The first-order valence-electron chi connectivity index (χ1n) is 18.7. The summed E-state index contributed by atoms with van der Waals surface area (Å²) in [5.41, 5.74) is 2.23. The molecule has 2 aliphatic heterocycles. The predicted molar refractivity (Wildman–Crippen MR) is 214 cm³/mol. The van der Waals surface area contributed by atoms with Gasteiger partial charge in [-0.3, -0.25) is 8.74 Å². The minimum atomic E-state index is -3.89. The van der Waals surface area contributed by atoms with Crippen molar-refractivity contribution in [3.63, 3.8) is 0 Å². The van der Waals surface area contributed by atoms with Gasteiger partial charge in [0.25, 0.3) is 0 Å². The van der Waals surface area contributed by atoms with Crippen molar-refractivity contribution in [2.24, 2.45) is 11.3 Å². The lowest BCUT2D eigenvalue weighted by Gasteiger charge is -2.43. The van der Waals surface area contributed by atoms with E-state index in [0.29, 0.717) is 42.5 Å². The molecule has 0 bridgehead atoms. The van der Waals surface area contributed by atoms with Crippen LogP contribution in [0, 0.1) is 11.3 Å². The Morgan fingerprint density at radius 2 is 1.76 bits per heavy atom. The van der Waals surface area contributed by atoms with Crippen LogP contribution in [0.25, 0.3) is 0 Å². The maximum Gasteiger partial charge on any atom is 0.321 e. The van der Waals surface area contributed by atoms with Gasteiger partial charge in [0.15, 0.2) is 26.1 Å². The second-order valence-corrected chi connectivity index (χ2v) is 18.3. The molecule has 302 valence electrons. The average Bonchev–Trinajstić information content (AvgIpc) is 3.21. The van der Waals surface area contributed by atoms with E-state index in [4.69, 9.17) is 8.92 Å². The van der Waals surface area contributed by atoms with E-state index in [1.54, 1.807) is 36.4 Å². The molecule has 0 radical (unpaired) electrons. The maximum atomic E-state index is 14.1. The molecular formula is C40H55N3O10S2. The van der Waals surface area contributed by atoms with E-state index in [1.165, 1.54) is 0 Å². The standard InChI is InChI=1S/C40H55N3O10S2/c1-6-8-21-40(7-2)25-55(50,51)33-20-18-29(43(3)4)23-31(33)34(37(40)46)27-15-12-16-28(22-27)41-39(47)42-38-36(45)30(19-17-26-13-10-9-11-14-26)35(44)32(53-38)24-52-54(5,48)49/h9-16,18,20,22-23,30,32,34-38,44-46H,5-8,17,19,21,24-25H2,1-4H3,(H,48,49)(H2,41,42,47)/t30-,32+,34+,35-,36+,37+,38+,40+/m0/s1. The number of nitrogens with one attached hydrogen (secondary N) is 2. The van der Waals surface area contributed by atoms with Crippen LogP contribution in [-0.4, -0.2) is 101 Å². The molecule has 0 aromatic heterocycles. The van der Waals surface area contributed by atoms with Gasteiger partial charge >= 0.3 is 6.03 Å². The third-order valence-electron chi connectivity index (χ3n) is 11.0. The SMILES string of the molecule is C=S(=O)(O)OC[C@H]1O[C@@H](NC(=O)Nc2cccc([C@@H]3c4cc(N(C)C)ccc4S(=O)(=O)C[C@@](CC)(CCCC)[C@@H]3O)c2)[C@H](O)[C@@H](CCc2ccccc2)[C@@H]1O. The first kappa shape index (κ1) is 42.6. The van der Waals surface area contributed by atoms with Crippen molar-refractivity contribution in [3.8, 4) is 0 Å². The Labute approximate surface area is 325 Å². The Hall–Kier alpha value is -3.54. The van der Waals surface area contributed by atoms with Gasteiger partial charge in [-0.05, 0) is 72.7 Å². The van der Waals surface area contributed by atoms with Crippen LogP contribution in [0.1, 0.15) is 68.6 Å². The number of sulfone groups is 1. The van der Waals surface area contributed by atoms with E-state index in [1.807, 2.05) is 69.2 Å². The number of unbranched alkanes of at least 4 members (excludes halogenated alkanes) is 1. The molecule has 13 nitrogen and oxygen atoms in total. The van der Waals surface area contributed by atoms with Crippen LogP contribution >= 0.6 is 0 Å². The number of carbonyl (C=O) groups is 1. The van der Waals surface area contributed by atoms with Crippen molar-refractivity contribution in [1.29, 1.82) is 0 Å². The predicted octanol–water partition coefficient (Wildman–Crippen LogP) is 4.56. The lowest BCUT2D eigenvalue weighted by Crippen LogP contribution is -2.61. The molecule has 0 saturated carbocycles. The third-order valence-corrected chi connectivity index (χ3v) is 13.5. The van der Waals surface area contributed by atoms with E-state index in [9.17, 15) is 37.3 Å². The lowest BCUT2D eigenvalue weighted by atomic mass is 9.69. The fourth-order valence-corrected chi connectivity index (χ4v) is 10.5. The Balaban J connectivity index is 1.43. The number of hydrogen-bond donors (Lipinski definition) is 6. The maximum absolute atomic E-state index is 14.1. The van der Waals surface area contributed by atoms with E-state index >= 15 is 0 Å². The summed E-state index contributed by atoms with van der Waals surface area (Å²) in [5.74, 6) is 1.31. The number of amides is 2. The molecule has 3 aromatic carbocycles. The number of anilines is 2. The van der Waals surface area contributed by atoms with E-state index in [2.05, 4.69) is 16.5 Å². The molecule has 0 spiro atoms. The Morgan fingerprint density at radius 1 is 1.04 bits per heavy atom. The highest BCUT2D eigenvalue weighted by atomic mass is 32.2. The highest BCUT2D eigenvalue weighted by Crippen LogP contribution is 2.49. The molecule has 2 amide bonds. The second-order valence-electron chi connectivity index (χ2n) is 15.0. The van der Waals surface area contributed by atoms with Gasteiger partial charge < -0.3 is 35.6 Å². The van der Waals surface area contributed by atoms with Crippen LogP contribution in [0.4, 0.5) is 16.2 Å². The normalized spacial score (nSPS) is 28.6. The van der Waals surface area contributed by atoms with Crippen LogP contribution in [0.15, 0.2) is 77.7 Å². The summed E-state index contributed by atoms with van der Waals surface area (Å²) in [7, 11) is -3.96. The number of aliphatic hydroxyl groups is 3. The molecule has 15 heteroatoms. The fraction of sp³-hybridized carbons (Fsp3) is 0.500. The molecule has 1 saturated heterocycles. The number of aryl methyl sites for hydroxylation is 1. The quantitative estimate of drug-likeness (QED) is 0.125. The van der Waals surface area contributed by atoms with Gasteiger partial charge in [-0.15, -0.1) is 0 Å². The first-order chi connectivity index (χ1) is 26.0. The van der Waals surface area contributed by atoms with Gasteiger partial charge in [0, 0.05) is 48.6 Å². The summed E-state index contributed by atoms with van der Waals surface area (Å²) >= 11 is 0. The molecule has 9 atom stereocenters. The summed E-state index contributed by atoms with van der Waals surface area (Å²) < 4.78 is 60.3. The number of aliphatic hydroxyl groups excluding tert-OH is 3. The number of benzene rings is 3. The van der Waals surface area contributed by atoms with Crippen molar-refractivity contribution < 1.29 is 46.2 Å². The van der Waals surface area contributed by atoms with Crippen LogP contribution < -0.4 is 15.5 Å². The molecule has 0 aliphatic carbocycles. The molecule has 5 rings (SSSR count). The van der Waals surface area contributed by atoms with Gasteiger partial charge in [0.1, 0.15) is 12.2 Å². The summed E-state index contributed by atoms with van der Waals surface area (Å²) in [4.78, 5) is 15.6. The number of hydrogen-bond acceptors (Lipinski definition) is 10. The van der Waals surface area contributed by atoms with Gasteiger partial charge in [-0.1, -0.05) is 69.2 Å². The summed E-state index contributed by atoms with van der Waals surface area (Å²) in [6.45, 7) is 3.43. The smallest absolute Gasteiger partial charge is 0.321 e. The number of rotatable bonds is 14. The minimum Gasteiger partial charge on any atom is -0.392 e. The molecule has 3 aromatic rings. The number of nitrogens with zero attached hydrogens (tertiary/aromatic N) is 1. The molecule has 1 unspecified atom stereocenters. The van der Waals surface area contributed by atoms with Gasteiger partial charge in [0.05, 0.1) is 29.5 Å². The van der Waals surface area contributed by atoms with Crippen molar-refractivity contribution >= 4 is 43.2 Å². The topological polar surface area (TPSA) is 195 Å². The zero-order valence-corrected chi connectivity index (χ0v) is 33.5. The molecule has 6 N–H and O–H groups in total.